The molecule has 0 atom stereocenters. The fraction of sp³-hybridized carbons (Fsp3) is 0.211. The summed E-state index contributed by atoms with van der Waals surface area (Å²) in [4.78, 5) is 10.5. The number of fused-ring (bicyclic) bond motifs is 11. The summed E-state index contributed by atoms with van der Waals surface area (Å²) in [7, 11) is 0. The first-order chi connectivity index (χ1) is 39.8. The van der Waals surface area contributed by atoms with Gasteiger partial charge in [-0.25, -0.2) is 0 Å². The topological polar surface area (TPSA) is 22.9 Å². The summed E-state index contributed by atoms with van der Waals surface area (Å²) in [5, 5.41) is 2.22. The van der Waals surface area contributed by atoms with E-state index in [1.165, 1.54) is 101 Å². The molecule has 10 aromatic carbocycles. The van der Waals surface area contributed by atoms with Crippen molar-refractivity contribution in [2.45, 2.75) is 114 Å². The van der Waals surface area contributed by atoms with Crippen LogP contribution < -0.4 is 25.5 Å². The Balaban J connectivity index is 1.11. The summed E-state index contributed by atoms with van der Waals surface area (Å²) in [5.41, 5.74) is 26.2. The third-order valence-corrected chi connectivity index (χ3v) is 20.2. The lowest BCUT2D eigenvalue weighted by Crippen LogP contribution is -2.62. The zero-order valence-electron chi connectivity index (χ0n) is 48.4. The first-order valence-electron chi connectivity index (χ1n) is 29.7. The molecule has 0 unspecified atom stereocenters. The van der Waals surface area contributed by atoms with Gasteiger partial charge in [-0.3, -0.25) is 0 Å². The Bertz CT molecular complexity index is 4370. The maximum absolute atomic E-state index is 7.33. The highest BCUT2D eigenvalue weighted by Gasteiger charge is 2.49. The molecule has 0 amide bonds. The van der Waals surface area contributed by atoms with Crippen LogP contribution in [0.5, 0.6) is 0 Å². The molecule has 0 N–H and O–H groups in total. The van der Waals surface area contributed by atoms with Crippen molar-refractivity contribution in [3.05, 3.63) is 240 Å². The number of benzene rings is 10. The first kappa shape index (κ1) is 50.8. The number of unbranched alkanes of at least 4 members (excludes halogenated alkanes) is 1. The molecule has 4 heterocycles. The van der Waals surface area contributed by atoms with E-state index < -0.39 is 0 Å². The van der Waals surface area contributed by atoms with Crippen molar-refractivity contribution in [3.63, 3.8) is 0 Å². The minimum atomic E-state index is -0.288. The second kappa shape index (κ2) is 18.9. The van der Waals surface area contributed by atoms with Crippen LogP contribution in [0.2, 0.25) is 0 Å². The van der Waals surface area contributed by atoms with Gasteiger partial charge in [0.15, 0.2) is 5.58 Å². The summed E-state index contributed by atoms with van der Waals surface area (Å²) < 4.78 is 7.33. The summed E-state index contributed by atoms with van der Waals surface area (Å²) in [6.45, 7) is 19.1. The lowest BCUT2D eigenvalue weighted by molar-refractivity contribution is 0.332. The molecular weight excluding hydrogens is 1010 g/mol. The van der Waals surface area contributed by atoms with E-state index in [9.17, 15) is 0 Å². The monoisotopic (exact) mass is 1080 g/mol. The highest BCUT2D eigenvalue weighted by Crippen LogP contribution is 2.57. The molecule has 15 rings (SSSR count). The third-order valence-electron chi connectivity index (χ3n) is 19.0. The van der Waals surface area contributed by atoms with Gasteiger partial charge < -0.3 is 19.0 Å². The van der Waals surface area contributed by atoms with Gasteiger partial charge >= 0.3 is 6.85 Å². The minimum absolute atomic E-state index is 0.0177. The quantitative estimate of drug-likeness (QED) is 0.134. The average molecular weight is 1080 g/mol. The Morgan fingerprint density at radius 1 is 0.524 bits per heavy atom. The third kappa shape index (κ3) is 7.80. The molecule has 0 radical (unpaired) electrons. The van der Waals surface area contributed by atoms with Gasteiger partial charge in [0.05, 0.1) is 5.69 Å². The summed E-state index contributed by atoms with van der Waals surface area (Å²) in [6.07, 6.45) is 5.68. The van der Waals surface area contributed by atoms with Crippen LogP contribution in [-0.4, -0.2) is 6.85 Å². The van der Waals surface area contributed by atoms with Crippen LogP contribution in [0.15, 0.2) is 220 Å². The van der Waals surface area contributed by atoms with Gasteiger partial charge in [0.2, 0.25) is 0 Å². The van der Waals surface area contributed by atoms with Gasteiger partial charge in [-0.2, -0.15) is 0 Å². The second-order valence-corrected chi connectivity index (χ2v) is 26.5. The van der Waals surface area contributed by atoms with Gasteiger partial charge in [-0.1, -0.05) is 194 Å². The smallest absolute Gasteiger partial charge is 0.333 e. The van der Waals surface area contributed by atoms with Crippen molar-refractivity contribution >= 4 is 97.0 Å². The number of furan rings is 1. The van der Waals surface area contributed by atoms with Gasteiger partial charge in [0, 0.05) is 76.9 Å². The molecule has 402 valence electrons. The maximum atomic E-state index is 7.33. The van der Waals surface area contributed by atoms with E-state index in [0.717, 1.165) is 75.2 Å². The summed E-state index contributed by atoms with van der Waals surface area (Å²) >= 11 is 1.92. The molecule has 0 bridgehead atoms. The van der Waals surface area contributed by atoms with Crippen molar-refractivity contribution in [1.29, 1.82) is 0 Å². The fourth-order valence-electron chi connectivity index (χ4n) is 14.5. The molecule has 0 fully saturated rings. The number of aryl methyl sites for hydroxylation is 2. The molecule has 0 saturated heterocycles. The molecule has 6 heteroatoms. The van der Waals surface area contributed by atoms with Gasteiger partial charge in [-0.15, -0.1) is 0 Å². The summed E-state index contributed by atoms with van der Waals surface area (Å²) in [6, 6.07) is 78.3. The molecule has 1 aliphatic carbocycles. The van der Waals surface area contributed by atoms with E-state index in [1.54, 1.807) is 0 Å². The van der Waals surface area contributed by atoms with Crippen molar-refractivity contribution in [2.24, 2.45) is 0 Å². The lowest BCUT2D eigenvalue weighted by atomic mass is 9.43. The molecule has 4 nitrogen and oxygen atoms in total. The molecule has 4 aliphatic rings. The van der Waals surface area contributed by atoms with Crippen molar-refractivity contribution in [3.8, 4) is 22.3 Å². The van der Waals surface area contributed by atoms with Crippen molar-refractivity contribution < 1.29 is 4.42 Å². The largest absolute Gasteiger partial charge is 0.454 e. The molecule has 1 aromatic heterocycles. The van der Waals surface area contributed by atoms with Gasteiger partial charge in [-0.05, 0) is 178 Å². The molecule has 0 spiro atoms. The highest BCUT2D eigenvalue weighted by atomic mass is 32.2. The Hall–Kier alpha value is -8.19. The SMILES string of the molecule is CCCCc1ccc(N(c2ccccc2)c2cc3c4c(c2)N(c2cc5c(cc2C)C(C)(C)CCC5(C)C)c2cc5c(cc2B4N(c2ccccc2-c2ccccc2)c2c-3ccc3c2oc2ccccc23)Sc2ccccc2C5(C)C)cc1. The van der Waals surface area contributed by atoms with Crippen LogP contribution in [0.1, 0.15) is 108 Å². The standard InChI is InChI=1S/C76H68BN3OS/c1-9-10-23-49-34-36-52(37-35-49)78(51-26-15-12-16-27-51)53-43-58-56-38-39-57-55-29-18-21-32-68(55)81-73(57)72(56)80(64-31-20-17-28-54(64)50-24-13-11-14-25-50)77-63-47-70-62(76(7,8)59-30-19-22-33-69(59)82-70)46-66(63)79(67(44-53)71(58)77)65-45-61-60(42-48(65)2)74(3,4)40-41-75(61,5)6/h11-22,24-39,42-47H,9-10,23,40-41H2,1-8H3. The molecule has 11 aromatic rings. The zero-order valence-corrected chi connectivity index (χ0v) is 49.2. The fourth-order valence-corrected chi connectivity index (χ4v) is 15.9. The Kier molecular flexibility index (Phi) is 11.7. The van der Waals surface area contributed by atoms with E-state index in [2.05, 4.69) is 276 Å². The predicted molar refractivity (Wildman–Crippen MR) is 349 cm³/mol. The highest BCUT2D eigenvalue weighted by molar-refractivity contribution is 7.99. The van der Waals surface area contributed by atoms with Crippen LogP contribution in [0.25, 0.3) is 44.2 Å². The average Bonchev–Trinajstić information content (AvgIpc) is 1.29. The molecular formula is C76H68BN3OS. The summed E-state index contributed by atoms with van der Waals surface area (Å²) in [5.74, 6) is 0. The number of hydrogen-bond acceptors (Lipinski definition) is 5. The van der Waals surface area contributed by atoms with E-state index in [1.807, 2.05) is 11.8 Å². The molecule has 0 saturated carbocycles. The maximum Gasteiger partial charge on any atom is 0.333 e. The second-order valence-electron chi connectivity index (χ2n) is 25.4. The Morgan fingerprint density at radius 3 is 1.98 bits per heavy atom. The molecule has 3 aliphatic heterocycles. The van der Waals surface area contributed by atoms with E-state index >= 15 is 0 Å². The number of rotatable bonds is 9. The Labute approximate surface area is 488 Å². The predicted octanol–water partition coefficient (Wildman–Crippen LogP) is 20.2. The Morgan fingerprint density at radius 2 is 1.20 bits per heavy atom. The van der Waals surface area contributed by atoms with Gasteiger partial charge in [0.1, 0.15) is 5.58 Å². The normalized spacial score (nSPS) is 15.8. The van der Waals surface area contributed by atoms with Crippen LogP contribution in [0.3, 0.4) is 0 Å². The van der Waals surface area contributed by atoms with Crippen LogP contribution >= 0.6 is 11.8 Å². The van der Waals surface area contributed by atoms with Crippen molar-refractivity contribution in [1.82, 2.24) is 0 Å². The van der Waals surface area contributed by atoms with E-state index in [0.29, 0.717) is 0 Å². The minimum Gasteiger partial charge on any atom is -0.454 e. The van der Waals surface area contributed by atoms with Crippen LogP contribution in [-0.2, 0) is 22.7 Å². The number of anilines is 8. The zero-order chi connectivity index (χ0) is 55.8. The van der Waals surface area contributed by atoms with E-state index in [4.69, 9.17) is 4.42 Å². The first-order valence-corrected chi connectivity index (χ1v) is 30.5. The number of para-hydroxylation sites is 3. The van der Waals surface area contributed by atoms with E-state index in [-0.39, 0.29) is 23.1 Å². The molecule has 82 heavy (non-hydrogen) atoms. The van der Waals surface area contributed by atoms with Gasteiger partial charge in [0.25, 0.3) is 0 Å². The number of nitrogens with zero attached hydrogens (tertiary/aromatic N) is 3. The number of hydrogen-bond donors (Lipinski definition) is 0. The van der Waals surface area contributed by atoms with Crippen LogP contribution in [0, 0.1) is 6.92 Å². The van der Waals surface area contributed by atoms with Crippen LogP contribution in [0.4, 0.5) is 45.5 Å². The lowest BCUT2D eigenvalue weighted by Gasteiger charge is -2.48. The van der Waals surface area contributed by atoms with Crippen molar-refractivity contribution in [2.75, 3.05) is 14.6 Å².